The predicted molar refractivity (Wildman–Crippen MR) is 58.3 cm³/mol. The Hall–Kier alpha value is -0.720. The fourth-order valence-electron chi connectivity index (χ4n) is 1.85. The summed E-state index contributed by atoms with van der Waals surface area (Å²) >= 11 is 1.38. The van der Waals surface area contributed by atoms with Crippen LogP contribution >= 0.6 is 11.5 Å². The van der Waals surface area contributed by atoms with Gasteiger partial charge in [-0.3, -0.25) is 0 Å². The van der Waals surface area contributed by atoms with E-state index >= 15 is 0 Å². The maximum Gasteiger partial charge on any atom is 0.205 e. The van der Waals surface area contributed by atoms with Gasteiger partial charge in [0.2, 0.25) is 5.13 Å². The van der Waals surface area contributed by atoms with Crippen LogP contribution in [0.15, 0.2) is 0 Å². The van der Waals surface area contributed by atoms with Crippen LogP contribution in [0.3, 0.4) is 0 Å². The largest absolute Gasteiger partial charge is 0.394 e. The molecule has 1 fully saturated rings. The second-order valence-electron chi connectivity index (χ2n) is 3.71. The third kappa shape index (κ3) is 2.11. The topological polar surface area (TPSA) is 58.5 Å². The lowest BCUT2D eigenvalue weighted by Gasteiger charge is -2.20. The van der Waals surface area contributed by atoms with Crippen molar-refractivity contribution in [2.75, 3.05) is 25.2 Å². The fraction of sp³-hybridized carbons (Fsp3) is 0.778. The van der Waals surface area contributed by atoms with Crippen molar-refractivity contribution in [3.05, 3.63) is 5.82 Å². The molecule has 1 saturated heterocycles. The van der Waals surface area contributed by atoms with E-state index in [0.29, 0.717) is 0 Å². The standard InChI is InChI=1S/C9H15N3O2S/c1-6-10-9(15-11-6)12-4-8(14-2)3-7(12)5-13/h7-8,13H,3-5H2,1-2H3/t7-,8-/m0/s1. The minimum Gasteiger partial charge on any atom is -0.394 e. The molecule has 2 rings (SSSR count). The molecular formula is C9H15N3O2S. The Morgan fingerprint density at radius 2 is 2.47 bits per heavy atom. The number of hydrogen-bond donors (Lipinski definition) is 1. The van der Waals surface area contributed by atoms with Crippen LogP contribution in [0.25, 0.3) is 0 Å². The highest BCUT2D eigenvalue weighted by molar-refractivity contribution is 7.09. The molecule has 0 aromatic carbocycles. The minimum absolute atomic E-state index is 0.113. The molecule has 0 aliphatic carbocycles. The molecular weight excluding hydrogens is 214 g/mol. The van der Waals surface area contributed by atoms with Crippen LogP contribution in [0, 0.1) is 6.92 Å². The number of aromatic nitrogens is 2. The summed E-state index contributed by atoms with van der Waals surface area (Å²) in [5, 5.41) is 10.2. The minimum atomic E-state index is 0.113. The number of rotatable bonds is 3. The van der Waals surface area contributed by atoms with Gasteiger partial charge in [-0.05, 0) is 13.3 Å². The Kier molecular flexibility index (Phi) is 3.18. The van der Waals surface area contributed by atoms with E-state index in [4.69, 9.17) is 4.74 Å². The SMILES string of the molecule is CO[C@H]1C[C@@H](CO)N(c2nc(C)ns2)C1. The van der Waals surface area contributed by atoms with Crippen LogP contribution in [0.4, 0.5) is 5.13 Å². The highest BCUT2D eigenvalue weighted by Gasteiger charge is 2.33. The Labute approximate surface area is 92.9 Å². The van der Waals surface area contributed by atoms with Crippen LogP contribution in [0.1, 0.15) is 12.2 Å². The molecule has 0 bridgehead atoms. The average Bonchev–Trinajstić information content (AvgIpc) is 2.82. The van der Waals surface area contributed by atoms with Crippen molar-refractivity contribution in [3.63, 3.8) is 0 Å². The van der Waals surface area contributed by atoms with Crippen molar-refractivity contribution in [2.24, 2.45) is 0 Å². The fourth-order valence-corrected chi connectivity index (χ4v) is 2.61. The van der Waals surface area contributed by atoms with Gasteiger partial charge in [0.25, 0.3) is 0 Å². The molecule has 2 heterocycles. The second kappa shape index (κ2) is 4.42. The van der Waals surface area contributed by atoms with Gasteiger partial charge in [0.15, 0.2) is 0 Å². The van der Waals surface area contributed by atoms with Gasteiger partial charge in [-0.2, -0.15) is 4.37 Å². The summed E-state index contributed by atoms with van der Waals surface area (Å²) in [6.45, 7) is 2.80. The molecule has 0 radical (unpaired) electrons. The molecule has 2 atom stereocenters. The van der Waals surface area contributed by atoms with E-state index in [9.17, 15) is 5.11 Å². The van der Waals surface area contributed by atoms with Gasteiger partial charge in [0.05, 0.1) is 18.8 Å². The van der Waals surface area contributed by atoms with Gasteiger partial charge in [-0.25, -0.2) is 4.98 Å². The van der Waals surface area contributed by atoms with Gasteiger partial charge >= 0.3 is 0 Å². The molecule has 1 aromatic rings. The van der Waals surface area contributed by atoms with E-state index in [1.165, 1.54) is 11.5 Å². The number of aliphatic hydroxyl groups excluding tert-OH is 1. The van der Waals surface area contributed by atoms with Gasteiger partial charge < -0.3 is 14.7 Å². The summed E-state index contributed by atoms with van der Waals surface area (Å²) < 4.78 is 9.45. The number of aryl methyl sites for hydroxylation is 1. The maximum absolute atomic E-state index is 9.28. The van der Waals surface area contributed by atoms with E-state index in [0.717, 1.165) is 23.9 Å². The Balaban J connectivity index is 2.14. The number of anilines is 1. The first-order chi connectivity index (χ1) is 7.24. The second-order valence-corrected chi connectivity index (χ2v) is 4.44. The van der Waals surface area contributed by atoms with E-state index in [1.54, 1.807) is 7.11 Å². The van der Waals surface area contributed by atoms with Crippen LogP contribution < -0.4 is 4.90 Å². The third-order valence-corrected chi connectivity index (χ3v) is 3.53. The van der Waals surface area contributed by atoms with Gasteiger partial charge in [-0.1, -0.05) is 0 Å². The van der Waals surface area contributed by atoms with Crippen molar-refractivity contribution >= 4 is 16.7 Å². The summed E-state index contributed by atoms with van der Waals surface area (Å²) in [6, 6.07) is 0.113. The summed E-state index contributed by atoms with van der Waals surface area (Å²) in [6.07, 6.45) is 1.04. The summed E-state index contributed by atoms with van der Waals surface area (Å²) in [5.74, 6) is 0.785. The van der Waals surface area contributed by atoms with Gasteiger partial charge in [0.1, 0.15) is 5.82 Å². The predicted octanol–water partition coefficient (Wildman–Crippen LogP) is 0.433. The molecule has 84 valence electrons. The van der Waals surface area contributed by atoms with Crippen molar-refractivity contribution in [2.45, 2.75) is 25.5 Å². The van der Waals surface area contributed by atoms with Crippen molar-refractivity contribution < 1.29 is 9.84 Å². The Bertz CT molecular complexity index is 331. The zero-order chi connectivity index (χ0) is 10.8. The van der Waals surface area contributed by atoms with E-state index in [2.05, 4.69) is 14.3 Å². The molecule has 0 amide bonds. The molecule has 0 spiro atoms. The van der Waals surface area contributed by atoms with E-state index in [1.807, 2.05) is 6.92 Å². The number of ether oxygens (including phenoxy) is 1. The van der Waals surface area contributed by atoms with Crippen molar-refractivity contribution in [3.8, 4) is 0 Å². The van der Waals surface area contributed by atoms with Gasteiger partial charge in [0, 0.05) is 25.2 Å². The highest BCUT2D eigenvalue weighted by atomic mass is 32.1. The van der Waals surface area contributed by atoms with E-state index in [-0.39, 0.29) is 18.8 Å². The molecule has 1 aliphatic rings. The number of aliphatic hydroxyl groups is 1. The zero-order valence-electron chi connectivity index (χ0n) is 8.88. The number of hydrogen-bond acceptors (Lipinski definition) is 6. The summed E-state index contributed by atoms with van der Waals surface area (Å²) in [5.41, 5.74) is 0. The average molecular weight is 229 g/mol. The lowest BCUT2D eigenvalue weighted by molar-refractivity contribution is 0.115. The first-order valence-corrected chi connectivity index (χ1v) is 5.72. The van der Waals surface area contributed by atoms with Crippen molar-refractivity contribution in [1.29, 1.82) is 0 Å². The molecule has 1 aromatic heterocycles. The first kappa shape index (κ1) is 10.8. The molecule has 0 unspecified atom stereocenters. The Morgan fingerprint density at radius 3 is 3.00 bits per heavy atom. The van der Waals surface area contributed by atoms with E-state index < -0.39 is 0 Å². The smallest absolute Gasteiger partial charge is 0.205 e. The van der Waals surface area contributed by atoms with Crippen LogP contribution in [0.5, 0.6) is 0 Å². The highest BCUT2D eigenvalue weighted by Crippen LogP contribution is 2.27. The van der Waals surface area contributed by atoms with Crippen LogP contribution in [-0.2, 0) is 4.74 Å². The molecule has 0 saturated carbocycles. The molecule has 5 nitrogen and oxygen atoms in total. The van der Waals surface area contributed by atoms with Gasteiger partial charge in [-0.15, -0.1) is 0 Å². The molecule has 15 heavy (non-hydrogen) atoms. The third-order valence-electron chi connectivity index (χ3n) is 2.68. The normalized spacial score (nSPS) is 26.2. The summed E-state index contributed by atoms with van der Waals surface area (Å²) in [7, 11) is 1.70. The lowest BCUT2D eigenvalue weighted by Crippen LogP contribution is -2.32. The van der Waals surface area contributed by atoms with Crippen LogP contribution in [0.2, 0.25) is 0 Å². The molecule has 1 aliphatic heterocycles. The quantitative estimate of drug-likeness (QED) is 0.814. The summed E-state index contributed by atoms with van der Waals surface area (Å²) in [4.78, 5) is 6.41. The molecule has 1 N–H and O–H groups in total. The first-order valence-electron chi connectivity index (χ1n) is 4.95. The van der Waals surface area contributed by atoms with Crippen molar-refractivity contribution in [1.82, 2.24) is 9.36 Å². The zero-order valence-corrected chi connectivity index (χ0v) is 9.70. The van der Waals surface area contributed by atoms with Crippen LogP contribution in [-0.4, -0.2) is 46.9 Å². The lowest BCUT2D eigenvalue weighted by atomic mass is 10.2. The number of methoxy groups -OCH3 is 1. The Morgan fingerprint density at radius 1 is 1.67 bits per heavy atom. The monoisotopic (exact) mass is 229 g/mol. The number of nitrogens with zero attached hydrogens (tertiary/aromatic N) is 3. The molecule has 6 heteroatoms. The maximum atomic E-state index is 9.28.